The van der Waals surface area contributed by atoms with E-state index in [1.807, 2.05) is 6.92 Å². The van der Waals surface area contributed by atoms with Crippen LogP contribution >= 0.6 is 0 Å². The van der Waals surface area contributed by atoms with E-state index < -0.39 is 35.9 Å². The van der Waals surface area contributed by atoms with Gasteiger partial charge in [0.05, 0.1) is 6.04 Å². The molecule has 0 aliphatic carbocycles. The van der Waals surface area contributed by atoms with Gasteiger partial charge in [0.15, 0.2) is 5.96 Å². The number of guanidine groups is 1. The molecule has 1 aliphatic rings. The van der Waals surface area contributed by atoms with Crippen LogP contribution in [0.15, 0.2) is 4.99 Å². The summed E-state index contributed by atoms with van der Waals surface area (Å²) in [4.78, 5) is 53.2. The summed E-state index contributed by atoms with van der Waals surface area (Å²) in [5, 5.41) is 20.0. The summed E-state index contributed by atoms with van der Waals surface area (Å²) in [6.45, 7) is 6.01. The third-order valence-electron chi connectivity index (χ3n) is 5.48. The summed E-state index contributed by atoms with van der Waals surface area (Å²) in [6.07, 6.45) is 2.83. The Bertz CT molecular complexity index is 690. The lowest BCUT2D eigenvalue weighted by Crippen LogP contribution is -2.58. The van der Waals surface area contributed by atoms with E-state index in [4.69, 9.17) is 16.6 Å². The Morgan fingerprint density at radius 2 is 1.81 bits per heavy atom. The van der Waals surface area contributed by atoms with Crippen LogP contribution in [-0.4, -0.2) is 72.0 Å². The molecule has 0 bridgehead atoms. The van der Waals surface area contributed by atoms with Gasteiger partial charge in [0, 0.05) is 6.54 Å². The van der Waals surface area contributed by atoms with E-state index in [9.17, 15) is 19.2 Å². The molecule has 0 aromatic rings. The molecule has 0 spiro atoms. The standard InChI is InChI=1S/C20H37N7O5/c1-4-11(2)15(18(30)25-12(3)19(31)32)27-17(29)14(8-6-10-24-20(21)22)26-16(28)13-7-5-9-23-13/h11-15,23H,4-10H2,1-3H3,(H,25,30)(H,26,28)(H,27,29)(H,31,32)(H4,21,22,24). The van der Waals surface area contributed by atoms with E-state index >= 15 is 0 Å². The highest BCUT2D eigenvalue weighted by Crippen LogP contribution is 2.11. The molecule has 0 saturated carbocycles. The Morgan fingerprint density at radius 3 is 2.34 bits per heavy atom. The first kappa shape index (κ1) is 27.1. The molecular weight excluding hydrogens is 418 g/mol. The average Bonchev–Trinajstić information content (AvgIpc) is 3.27. The number of aliphatic imine (C=N–C) groups is 1. The second-order valence-electron chi connectivity index (χ2n) is 8.10. The van der Waals surface area contributed by atoms with Crippen LogP contribution in [0.1, 0.15) is 52.9 Å². The molecule has 1 saturated heterocycles. The van der Waals surface area contributed by atoms with Crippen LogP contribution in [0.2, 0.25) is 0 Å². The van der Waals surface area contributed by atoms with Crippen molar-refractivity contribution in [3.63, 3.8) is 0 Å². The van der Waals surface area contributed by atoms with Crippen LogP contribution in [0, 0.1) is 5.92 Å². The summed E-state index contributed by atoms with van der Waals surface area (Å²) in [7, 11) is 0. The number of aliphatic carboxylic acids is 1. The molecule has 5 unspecified atom stereocenters. The summed E-state index contributed by atoms with van der Waals surface area (Å²) < 4.78 is 0. The molecule has 1 aliphatic heterocycles. The van der Waals surface area contributed by atoms with Crippen molar-refractivity contribution in [3.05, 3.63) is 0 Å². The quantitative estimate of drug-likeness (QED) is 0.0976. The zero-order valence-electron chi connectivity index (χ0n) is 19.0. The minimum atomic E-state index is -1.18. The highest BCUT2D eigenvalue weighted by Gasteiger charge is 2.32. The maximum Gasteiger partial charge on any atom is 0.325 e. The lowest BCUT2D eigenvalue weighted by atomic mass is 9.97. The highest BCUT2D eigenvalue weighted by molar-refractivity contribution is 5.94. The summed E-state index contributed by atoms with van der Waals surface area (Å²) in [5.41, 5.74) is 10.7. The normalized spacial score (nSPS) is 19.2. The topological polar surface area (TPSA) is 201 Å². The van der Waals surface area contributed by atoms with Crippen molar-refractivity contribution in [3.8, 4) is 0 Å². The van der Waals surface area contributed by atoms with E-state index in [0.717, 1.165) is 13.0 Å². The molecule has 1 heterocycles. The third-order valence-corrected chi connectivity index (χ3v) is 5.48. The van der Waals surface area contributed by atoms with E-state index in [-0.39, 0.29) is 36.8 Å². The molecule has 32 heavy (non-hydrogen) atoms. The van der Waals surface area contributed by atoms with Gasteiger partial charge < -0.3 is 37.8 Å². The smallest absolute Gasteiger partial charge is 0.325 e. The van der Waals surface area contributed by atoms with Gasteiger partial charge in [0.2, 0.25) is 17.7 Å². The van der Waals surface area contributed by atoms with Crippen molar-refractivity contribution >= 4 is 29.7 Å². The number of nitrogens with one attached hydrogen (secondary N) is 4. The van der Waals surface area contributed by atoms with Crippen molar-refractivity contribution in [2.75, 3.05) is 13.1 Å². The third kappa shape index (κ3) is 9.08. The molecule has 0 aromatic heterocycles. The van der Waals surface area contributed by atoms with Crippen LogP contribution < -0.4 is 32.7 Å². The zero-order valence-corrected chi connectivity index (χ0v) is 19.0. The van der Waals surface area contributed by atoms with Gasteiger partial charge in [-0.15, -0.1) is 0 Å². The number of hydrogen-bond donors (Lipinski definition) is 7. The summed E-state index contributed by atoms with van der Waals surface area (Å²) in [6, 6.07) is -3.31. The molecule has 12 nitrogen and oxygen atoms in total. The van der Waals surface area contributed by atoms with Crippen LogP contribution in [0.3, 0.4) is 0 Å². The summed E-state index contributed by atoms with van der Waals surface area (Å²) >= 11 is 0. The van der Waals surface area contributed by atoms with E-state index in [1.54, 1.807) is 6.92 Å². The van der Waals surface area contributed by atoms with Gasteiger partial charge in [0.1, 0.15) is 18.1 Å². The van der Waals surface area contributed by atoms with Crippen molar-refractivity contribution in [1.29, 1.82) is 0 Å². The fraction of sp³-hybridized carbons (Fsp3) is 0.750. The SMILES string of the molecule is CCC(C)C(NC(=O)C(CCCN=C(N)N)NC(=O)C1CCCN1)C(=O)NC(C)C(=O)O. The van der Waals surface area contributed by atoms with E-state index in [2.05, 4.69) is 26.3 Å². The lowest BCUT2D eigenvalue weighted by molar-refractivity contribution is -0.142. The Hall–Kier alpha value is -2.89. The predicted molar refractivity (Wildman–Crippen MR) is 119 cm³/mol. The minimum Gasteiger partial charge on any atom is -0.480 e. The Labute approximate surface area is 188 Å². The number of carbonyl (C=O) groups excluding carboxylic acids is 3. The van der Waals surface area contributed by atoms with Crippen molar-refractivity contribution in [2.45, 2.75) is 77.0 Å². The number of carboxylic acid groups (broad SMARTS) is 1. The van der Waals surface area contributed by atoms with Crippen LogP contribution in [-0.2, 0) is 19.2 Å². The van der Waals surface area contributed by atoms with Gasteiger partial charge in [-0.1, -0.05) is 20.3 Å². The molecule has 182 valence electrons. The van der Waals surface area contributed by atoms with E-state index in [1.165, 1.54) is 6.92 Å². The van der Waals surface area contributed by atoms with Crippen LogP contribution in [0.4, 0.5) is 0 Å². The van der Waals surface area contributed by atoms with Gasteiger partial charge in [-0.05, 0) is 45.1 Å². The fourth-order valence-electron chi connectivity index (χ4n) is 3.27. The molecule has 1 rings (SSSR count). The van der Waals surface area contributed by atoms with Gasteiger partial charge >= 0.3 is 5.97 Å². The molecule has 9 N–H and O–H groups in total. The molecule has 3 amide bonds. The van der Waals surface area contributed by atoms with Gasteiger partial charge in [0.25, 0.3) is 0 Å². The van der Waals surface area contributed by atoms with Gasteiger partial charge in [-0.3, -0.25) is 24.2 Å². The number of rotatable bonds is 13. The molecule has 0 aromatic carbocycles. The second-order valence-corrected chi connectivity index (χ2v) is 8.10. The van der Waals surface area contributed by atoms with Gasteiger partial charge in [-0.2, -0.15) is 0 Å². The predicted octanol–water partition coefficient (Wildman–Crippen LogP) is -1.60. The number of carboxylic acids is 1. The van der Waals surface area contributed by atoms with Crippen molar-refractivity contribution < 1.29 is 24.3 Å². The first-order valence-electron chi connectivity index (χ1n) is 11.0. The number of hydrogen-bond acceptors (Lipinski definition) is 6. The molecule has 0 radical (unpaired) electrons. The first-order chi connectivity index (χ1) is 15.1. The lowest BCUT2D eigenvalue weighted by Gasteiger charge is -2.27. The second kappa shape index (κ2) is 13.5. The molecule has 12 heteroatoms. The maximum absolute atomic E-state index is 13.0. The number of amides is 3. The fourth-order valence-corrected chi connectivity index (χ4v) is 3.27. The maximum atomic E-state index is 13.0. The number of nitrogens with two attached hydrogens (primary N) is 2. The van der Waals surface area contributed by atoms with Crippen LogP contribution in [0.5, 0.6) is 0 Å². The highest BCUT2D eigenvalue weighted by atomic mass is 16.4. The average molecular weight is 456 g/mol. The Kier molecular flexibility index (Phi) is 11.5. The zero-order chi connectivity index (χ0) is 24.3. The molecular formula is C20H37N7O5. The first-order valence-corrected chi connectivity index (χ1v) is 11.0. The Morgan fingerprint density at radius 1 is 1.12 bits per heavy atom. The van der Waals surface area contributed by atoms with E-state index in [0.29, 0.717) is 19.3 Å². The molecule has 5 atom stereocenters. The van der Waals surface area contributed by atoms with Crippen LogP contribution in [0.25, 0.3) is 0 Å². The van der Waals surface area contributed by atoms with Gasteiger partial charge in [-0.25, -0.2) is 0 Å². The van der Waals surface area contributed by atoms with Crippen molar-refractivity contribution in [1.82, 2.24) is 21.3 Å². The number of nitrogens with zero attached hydrogens (tertiary/aromatic N) is 1. The summed E-state index contributed by atoms with van der Waals surface area (Å²) in [5.74, 6) is -2.90. The number of carbonyl (C=O) groups is 4. The monoisotopic (exact) mass is 455 g/mol. The molecule has 1 fully saturated rings. The Balaban J connectivity index is 2.91. The van der Waals surface area contributed by atoms with Crippen molar-refractivity contribution in [2.24, 2.45) is 22.4 Å². The largest absolute Gasteiger partial charge is 0.480 e. The minimum absolute atomic E-state index is 0.0637.